The Labute approximate surface area is 159 Å². The zero-order valence-electron chi connectivity index (χ0n) is 15.2. The Kier molecular flexibility index (Phi) is 6.20. The summed E-state index contributed by atoms with van der Waals surface area (Å²) in [5.41, 5.74) is 5.68. The van der Waals surface area contributed by atoms with Crippen molar-refractivity contribution in [2.24, 2.45) is 5.10 Å². The topological polar surface area (TPSA) is 47.9 Å². The van der Waals surface area contributed by atoms with E-state index in [1.54, 1.807) is 11.3 Å². The van der Waals surface area contributed by atoms with Crippen molar-refractivity contribution < 1.29 is 4.79 Å². The number of hydrazone groups is 1. The van der Waals surface area contributed by atoms with E-state index in [2.05, 4.69) is 10.5 Å². The van der Waals surface area contributed by atoms with Gasteiger partial charge in [0.15, 0.2) is 0 Å². The molecule has 3 aromatic rings. The van der Waals surface area contributed by atoms with Crippen molar-refractivity contribution in [3.63, 3.8) is 0 Å². The molecule has 0 aliphatic carbocycles. The highest BCUT2D eigenvalue weighted by Gasteiger charge is 2.21. The number of carbonyl (C=O) groups excluding carboxylic acids is 1. The molecule has 27 heavy (non-hydrogen) atoms. The second-order valence-electron chi connectivity index (χ2n) is 5.82. The van der Waals surface area contributed by atoms with Gasteiger partial charge in [0.2, 0.25) is 0 Å². The number of amides is 1. The molecule has 0 saturated carbocycles. The van der Waals surface area contributed by atoms with Crippen LogP contribution in [0.25, 0.3) is 0 Å². The first-order valence-electron chi connectivity index (χ1n) is 8.86. The smallest absolute Gasteiger partial charge is 0.262 e. The zero-order valence-corrected chi connectivity index (χ0v) is 15.2. The van der Waals surface area contributed by atoms with E-state index in [4.69, 9.17) is 0 Å². The van der Waals surface area contributed by atoms with E-state index in [9.17, 15) is 4.79 Å². The third-order valence-corrected chi connectivity index (χ3v) is 3.84. The fourth-order valence-electron chi connectivity index (χ4n) is 2.46. The summed E-state index contributed by atoms with van der Waals surface area (Å²) in [5, 5.41) is 7.59. The molecule has 0 unspecified atom stereocenters. The average Bonchev–Trinajstić information content (AvgIpc) is 2.74. The third kappa shape index (κ3) is 4.95. The second kappa shape index (κ2) is 9.20. The van der Waals surface area contributed by atoms with Crippen molar-refractivity contribution in [2.45, 2.75) is 13.3 Å². The lowest BCUT2D eigenvalue weighted by Crippen LogP contribution is -2.47. The van der Waals surface area contributed by atoms with Gasteiger partial charge in [-0.1, -0.05) is 73.7 Å². The molecule has 1 N–H and O–H groups in total. The number of rotatable bonds is 7. The van der Waals surface area contributed by atoms with Crippen LogP contribution in [0, 0.1) is 0 Å². The molecule has 0 heterocycles. The van der Waals surface area contributed by atoms with Crippen molar-refractivity contribution >= 4 is 23.5 Å². The zero-order chi connectivity index (χ0) is 18.9. The van der Waals surface area contributed by atoms with Gasteiger partial charge in [0.05, 0.1) is 17.6 Å². The molecule has 1 amide bonds. The maximum absolute atomic E-state index is 12.7. The molecule has 0 radical (unpaired) electrons. The maximum Gasteiger partial charge on any atom is 0.262 e. The number of hydrazine groups is 2. The molecule has 0 fully saturated rings. The average molecular weight is 358 g/mol. The predicted molar refractivity (Wildman–Crippen MR) is 110 cm³/mol. The highest BCUT2D eigenvalue weighted by molar-refractivity contribution is 5.82. The molecule has 136 valence electrons. The Bertz CT molecular complexity index is 867. The van der Waals surface area contributed by atoms with Gasteiger partial charge in [-0.2, -0.15) is 10.2 Å². The first-order chi connectivity index (χ1) is 13.3. The lowest BCUT2D eigenvalue weighted by Gasteiger charge is -2.32. The highest BCUT2D eigenvalue weighted by atomic mass is 16.2. The van der Waals surface area contributed by atoms with Gasteiger partial charge in [0.1, 0.15) is 0 Å². The molecule has 5 nitrogen and oxygen atoms in total. The summed E-state index contributed by atoms with van der Waals surface area (Å²) in [6.07, 6.45) is 2.07. The molecule has 3 rings (SSSR count). The van der Waals surface area contributed by atoms with E-state index in [0.29, 0.717) is 6.42 Å². The van der Waals surface area contributed by atoms with Crippen molar-refractivity contribution in [2.75, 3.05) is 10.5 Å². The Morgan fingerprint density at radius 3 is 2.04 bits per heavy atom. The standard InChI is InChI=1S/C22H22N4O/c1-2-22(27)26(24-20-14-8-4-9-15-20)25(21-16-10-5-11-17-21)23-18-19-12-6-3-7-13-19/h3-18,24H,2H2,1H3/b23-18+. The van der Waals surface area contributed by atoms with Crippen LogP contribution in [0.4, 0.5) is 11.4 Å². The van der Waals surface area contributed by atoms with Gasteiger partial charge in [0.25, 0.3) is 5.91 Å². The number of carbonyl (C=O) groups is 1. The molecule has 0 saturated heterocycles. The fraction of sp³-hybridized carbons (Fsp3) is 0.0909. The van der Waals surface area contributed by atoms with Crippen molar-refractivity contribution in [1.82, 2.24) is 5.12 Å². The van der Waals surface area contributed by atoms with Crippen molar-refractivity contribution in [1.29, 1.82) is 0 Å². The molecule has 0 aliphatic heterocycles. The number of hydrogen-bond acceptors (Lipinski definition) is 4. The van der Waals surface area contributed by atoms with Crippen LogP contribution in [-0.4, -0.2) is 17.2 Å². The predicted octanol–water partition coefficient (Wildman–Crippen LogP) is 4.71. The lowest BCUT2D eigenvalue weighted by molar-refractivity contribution is -0.130. The summed E-state index contributed by atoms with van der Waals surface area (Å²) in [7, 11) is 0. The van der Waals surface area contributed by atoms with Gasteiger partial charge in [-0.05, 0) is 29.8 Å². The van der Waals surface area contributed by atoms with Crippen molar-refractivity contribution in [3.8, 4) is 0 Å². The minimum absolute atomic E-state index is 0.104. The van der Waals surface area contributed by atoms with E-state index < -0.39 is 0 Å². The number of nitrogens with zero attached hydrogens (tertiary/aromatic N) is 3. The fourth-order valence-corrected chi connectivity index (χ4v) is 2.46. The lowest BCUT2D eigenvalue weighted by atomic mass is 10.2. The van der Waals surface area contributed by atoms with Gasteiger partial charge in [0, 0.05) is 6.42 Å². The maximum atomic E-state index is 12.7. The van der Waals surface area contributed by atoms with Crippen molar-refractivity contribution in [3.05, 3.63) is 96.6 Å². The molecule has 0 bridgehead atoms. The van der Waals surface area contributed by atoms with E-state index >= 15 is 0 Å². The van der Waals surface area contributed by atoms with Crippen LogP contribution in [0.15, 0.2) is 96.1 Å². The Morgan fingerprint density at radius 2 is 1.44 bits per heavy atom. The van der Waals surface area contributed by atoms with Crippen LogP contribution < -0.4 is 10.5 Å². The van der Waals surface area contributed by atoms with Crippen LogP contribution in [0.1, 0.15) is 18.9 Å². The van der Waals surface area contributed by atoms with Gasteiger partial charge in [-0.25, -0.2) is 0 Å². The molecule has 0 aliphatic rings. The Hall–Kier alpha value is -3.60. The normalized spacial score (nSPS) is 10.6. The molecule has 5 heteroatoms. The molecular formula is C22H22N4O. The number of para-hydroxylation sites is 2. The summed E-state index contributed by atoms with van der Waals surface area (Å²) in [6.45, 7) is 1.83. The number of benzene rings is 3. The van der Waals surface area contributed by atoms with Crippen LogP contribution in [0.2, 0.25) is 0 Å². The molecular weight excluding hydrogens is 336 g/mol. The summed E-state index contributed by atoms with van der Waals surface area (Å²) < 4.78 is 0. The molecule has 0 atom stereocenters. The van der Waals surface area contributed by atoms with Gasteiger partial charge in [-0.3, -0.25) is 10.2 Å². The monoisotopic (exact) mass is 358 g/mol. The van der Waals surface area contributed by atoms with Gasteiger partial charge in [-0.15, -0.1) is 5.12 Å². The van der Waals surface area contributed by atoms with Crippen LogP contribution >= 0.6 is 0 Å². The van der Waals surface area contributed by atoms with E-state index in [-0.39, 0.29) is 5.91 Å². The van der Waals surface area contributed by atoms with Gasteiger partial charge >= 0.3 is 0 Å². The van der Waals surface area contributed by atoms with Crippen LogP contribution in [0.5, 0.6) is 0 Å². The summed E-state index contributed by atoms with van der Waals surface area (Å²) in [6, 6.07) is 28.9. The largest absolute Gasteiger partial charge is 0.275 e. The minimum atomic E-state index is -0.104. The minimum Gasteiger partial charge on any atom is -0.275 e. The Balaban J connectivity index is 1.97. The Morgan fingerprint density at radius 1 is 0.889 bits per heavy atom. The summed E-state index contributed by atoms with van der Waals surface area (Å²) >= 11 is 0. The molecule has 3 aromatic carbocycles. The van der Waals surface area contributed by atoms with Crippen LogP contribution in [0.3, 0.4) is 0 Å². The van der Waals surface area contributed by atoms with E-state index in [1.807, 2.05) is 97.9 Å². The SMILES string of the molecule is CCC(=O)N(Nc1ccccc1)N(/N=C/c1ccccc1)c1ccccc1. The first-order valence-corrected chi connectivity index (χ1v) is 8.86. The quantitative estimate of drug-likeness (QED) is 0.492. The molecule has 0 aromatic heterocycles. The first kappa shape index (κ1) is 18.2. The van der Waals surface area contributed by atoms with Crippen LogP contribution in [-0.2, 0) is 4.79 Å². The van der Waals surface area contributed by atoms with E-state index in [0.717, 1.165) is 16.9 Å². The highest BCUT2D eigenvalue weighted by Crippen LogP contribution is 2.19. The van der Waals surface area contributed by atoms with Gasteiger partial charge < -0.3 is 0 Å². The molecule has 0 spiro atoms. The summed E-state index contributed by atoms with van der Waals surface area (Å²) in [5.74, 6) is -0.104. The number of hydrogen-bond donors (Lipinski definition) is 1. The number of nitrogens with one attached hydrogen (secondary N) is 1. The second-order valence-corrected chi connectivity index (χ2v) is 5.82. The summed E-state index contributed by atoms with van der Waals surface area (Å²) in [4.78, 5) is 12.7. The van der Waals surface area contributed by atoms with E-state index in [1.165, 1.54) is 5.12 Å². The number of anilines is 2. The third-order valence-electron chi connectivity index (χ3n) is 3.84.